The van der Waals surface area contributed by atoms with Crippen LogP contribution in [0.5, 0.6) is 11.5 Å². The number of nitrogens with zero attached hydrogens (tertiary/aromatic N) is 2. The maximum atomic E-state index is 12.9. The third-order valence-electron chi connectivity index (χ3n) is 5.86. The highest BCUT2D eigenvalue weighted by Gasteiger charge is 2.36. The van der Waals surface area contributed by atoms with Gasteiger partial charge in [0.15, 0.2) is 11.5 Å². The maximum absolute atomic E-state index is 12.9. The van der Waals surface area contributed by atoms with Crippen molar-refractivity contribution in [2.24, 2.45) is 5.92 Å². The van der Waals surface area contributed by atoms with E-state index in [4.69, 9.17) is 9.47 Å². The molecule has 4 rings (SSSR count). The van der Waals surface area contributed by atoms with Crippen LogP contribution >= 0.6 is 0 Å². The third kappa shape index (κ3) is 3.13. The molecular weight excluding hydrogens is 332 g/mol. The topological polar surface area (TPSA) is 59.1 Å². The van der Waals surface area contributed by atoms with Gasteiger partial charge in [0.25, 0.3) is 0 Å². The first-order chi connectivity index (χ1) is 12.7. The molecule has 6 heteroatoms. The lowest BCUT2D eigenvalue weighted by molar-refractivity contribution is -0.150. The second-order valence-corrected chi connectivity index (χ2v) is 7.45. The Morgan fingerprint density at radius 3 is 2.77 bits per heavy atom. The molecule has 1 atom stereocenters. The van der Waals surface area contributed by atoms with Crippen molar-refractivity contribution in [3.63, 3.8) is 0 Å². The standard InChI is InChI=1S/C20H26N2O4/c1-25-17-8-4-5-14-11-15(13-26-19(14)17)20(24)21-9-10-22(18(23)12-21)16-6-2-3-7-16/h4-5,8,15-16H,2-3,6-7,9-13H2,1H3/t15-/m0/s1. The van der Waals surface area contributed by atoms with Gasteiger partial charge in [-0.25, -0.2) is 0 Å². The minimum atomic E-state index is -0.236. The number of benzene rings is 1. The summed E-state index contributed by atoms with van der Waals surface area (Å²) >= 11 is 0. The Bertz CT molecular complexity index is 699. The summed E-state index contributed by atoms with van der Waals surface area (Å²) in [5, 5.41) is 0. The van der Waals surface area contributed by atoms with E-state index in [9.17, 15) is 9.59 Å². The molecule has 0 N–H and O–H groups in total. The minimum Gasteiger partial charge on any atom is -0.493 e. The third-order valence-corrected chi connectivity index (χ3v) is 5.86. The van der Waals surface area contributed by atoms with Crippen molar-refractivity contribution in [2.75, 3.05) is 33.4 Å². The molecule has 1 saturated heterocycles. The molecule has 0 bridgehead atoms. The molecule has 0 aromatic heterocycles. The van der Waals surface area contributed by atoms with Crippen LogP contribution in [0, 0.1) is 5.92 Å². The van der Waals surface area contributed by atoms with E-state index in [1.807, 2.05) is 23.1 Å². The van der Waals surface area contributed by atoms with Crippen LogP contribution in [0.4, 0.5) is 0 Å². The monoisotopic (exact) mass is 358 g/mol. The van der Waals surface area contributed by atoms with Crippen LogP contribution in [-0.2, 0) is 16.0 Å². The van der Waals surface area contributed by atoms with E-state index in [0.29, 0.717) is 37.9 Å². The zero-order chi connectivity index (χ0) is 18.1. The van der Waals surface area contributed by atoms with Crippen LogP contribution in [0.1, 0.15) is 31.2 Å². The van der Waals surface area contributed by atoms with E-state index in [1.54, 1.807) is 12.0 Å². The fraction of sp³-hybridized carbons (Fsp3) is 0.600. The normalized spacial score (nSPS) is 23.6. The van der Waals surface area contributed by atoms with E-state index in [1.165, 1.54) is 12.8 Å². The Morgan fingerprint density at radius 1 is 1.23 bits per heavy atom. The molecule has 26 heavy (non-hydrogen) atoms. The zero-order valence-corrected chi connectivity index (χ0v) is 15.3. The van der Waals surface area contributed by atoms with Gasteiger partial charge >= 0.3 is 0 Å². The fourth-order valence-corrected chi connectivity index (χ4v) is 4.45. The smallest absolute Gasteiger partial charge is 0.242 e. The molecular formula is C20H26N2O4. The summed E-state index contributed by atoms with van der Waals surface area (Å²) < 4.78 is 11.2. The van der Waals surface area contributed by atoms with Crippen LogP contribution in [-0.4, -0.2) is 61.0 Å². The summed E-state index contributed by atoms with van der Waals surface area (Å²) in [5.74, 6) is 1.32. The molecule has 1 aromatic carbocycles. The van der Waals surface area contributed by atoms with Gasteiger partial charge < -0.3 is 19.3 Å². The Morgan fingerprint density at radius 2 is 2.04 bits per heavy atom. The molecule has 0 unspecified atom stereocenters. The van der Waals surface area contributed by atoms with E-state index in [2.05, 4.69) is 0 Å². The first-order valence-electron chi connectivity index (χ1n) is 9.54. The summed E-state index contributed by atoms with van der Waals surface area (Å²) in [6.07, 6.45) is 5.25. The average molecular weight is 358 g/mol. The van der Waals surface area contributed by atoms with E-state index < -0.39 is 0 Å². The van der Waals surface area contributed by atoms with Crippen LogP contribution in [0.25, 0.3) is 0 Å². The first-order valence-corrected chi connectivity index (χ1v) is 9.54. The number of methoxy groups -OCH3 is 1. The number of rotatable bonds is 3. The van der Waals surface area contributed by atoms with Crippen molar-refractivity contribution in [1.29, 1.82) is 0 Å². The van der Waals surface area contributed by atoms with Gasteiger partial charge in [-0.1, -0.05) is 25.0 Å². The molecule has 2 heterocycles. The average Bonchev–Trinajstić information content (AvgIpc) is 3.20. The lowest BCUT2D eigenvalue weighted by Crippen LogP contribution is -2.56. The summed E-state index contributed by atoms with van der Waals surface area (Å²) in [7, 11) is 1.62. The Balaban J connectivity index is 1.40. The van der Waals surface area contributed by atoms with E-state index >= 15 is 0 Å². The predicted octanol–water partition coefficient (Wildman–Crippen LogP) is 1.86. The molecule has 2 fully saturated rings. The number of ether oxygens (including phenoxy) is 2. The van der Waals surface area contributed by atoms with Gasteiger partial charge in [0, 0.05) is 19.1 Å². The van der Waals surface area contributed by atoms with Gasteiger partial charge in [-0.05, 0) is 30.9 Å². The van der Waals surface area contributed by atoms with Crippen molar-refractivity contribution in [3.05, 3.63) is 23.8 Å². The number of hydrogen-bond acceptors (Lipinski definition) is 4. The second-order valence-electron chi connectivity index (χ2n) is 7.45. The van der Waals surface area contributed by atoms with Crippen molar-refractivity contribution in [2.45, 2.75) is 38.1 Å². The van der Waals surface area contributed by atoms with Gasteiger partial charge in [-0.15, -0.1) is 0 Å². The minimum absolute atomic E-state index is 0.0258. The fourth-order valence-electron chi connectivity index (χ4n) is 4.45. The highest BCUT2D eigenvalue weighted by atomic mass is 16.5. The van der Waals surface area contributed by atoms with Crippen molar-refractivity contribution in [3.8, 4) is 11.5 Å². The second kappa shape index (κ2) is 7.17. The van der Waals surface area contributed by atoms with Gasteiger partial charge in [-0.2, -0.15) is 0 Å². The van der Waals surface area contributed by atoms with Gasteiger partial charge in [0.1, 0.15) is 6.61 Å². The molecule has 1 aliphatic carbocycles. The molecule has 140 valence electrons. The molecule has 1 aromatic rings. The molecule has 2 amide bonds. The van der Waals surface area contributed by atoms with Gasteiger partial charge in [0.2, 0.25) is 11.8 Å². The zero-order valence-electron chi connectivity index (χ0n) is 15.3. The maximum Gasteiger partial charge on any atom is 0.242 e. The molecule has 2 aliphatic heterocycles. The molecule has 1 saturated carbocycles. The molecule has 0 spiro atoms. The SMILES string of the molecule is COc1cccc2c1OC[C@@H](C(=O)N1CCN(C3CCCC3)C(=O)C1)C2. The Labute approximate surface area is 154 Å². The van der Waals surface area contributed by atoms with Gasteiger partial charge in [-0.3, -0.25) is 9.59 Å². The lowest BCUT2D eigenvalue weighted by atomic mass is 9.95. The lowest BCUT2D eigenvalue weighted by Gasteiger charge is -2.39. The predicted molar refractivity (Wildman–Crippen MR) is 96.2 cm³/mol. The summed E-state index contributed by atoms with van der Waals surface area (Å²) in [4.78, 5) is 29.2. The Hall–Kier alpha value is -2.24. The number of amides is 2. The number of carbonyl (C=O) groups excluding carboxylic acids is 2. The van der Waals surface area contributed by atoms with E-state index in [-0.39, 0.29) is 24.3 Å². The first kappa shape index (κ1) is 17.2. The van der Waals surface area contributed by atoms with Gasteiger partial charge in [0.05, 0.1) is 19.6 Å². The van der Waals surface area contributed by atoms with Crippen molar-refractivity contribution < 1.29 is 19.1 Å². The number of fused-ring (bicyclic) bond motifs is 1. The molecule has 3 aliphatic rings. The summed E-state index contributed by atoms with van der Waals surface area (Å²) in [6, 6.07) is 6.14. The van der Waals surface area contributed by atoms with Crippen LogP contribution < -0.4 is 9.47 Å². The summed E-state index contributed by atoms with van der Waals surface area (Å²) in [5.41, 5.74) is 0.991. The number of carbonyl (C=O) groups is 2. The molecule has 0 radical (unpaired) electrons. The summed E-state index contributed by atoms with van der Waals surface area (Å²) in [6.45, 7) is 1.83. The quantitative estimate of drug-likeness (QED) is 0.828. The van der Waals surface area contributed by atoms with Crippen LogP contribution in [0.3, 0.4) is 0 Å². The highest BCUT2D eigenvalue weighted by molar-refractivity contribution is 5.87. The number of para-hydroxylation sites is 1. The van der Waals surface area contributed by atoms with Crippen molar-refractivity contribution in [1.82, 2.24) is 9.80 Å². The Kier molecular flexibility index (Phi) is 4.74. The largest absolute Gasteiger partial charge is 0.493 e. The van der Waals surface area contributed by atoms with Crippen LogP contribution in [0.15, 0.2) is 18.2 Å². The molecule has 6 nitrogen and oxygen atoms in total. The van der Waals surface area contributed by atoms with E-state index in [0.717, 1.165) is 24.2 Å². The van der Waals surface area contributed by atoms with Crippen LogP contribution in [0.2, 0.25) is 0 Å². The number of hydrogen-bond donors (Lipinski definition) is 0. The number of piperazine rings is 1. The highest BCUT2D eigenvalue weighted by Crippen LogP contribution is 2.36. The van der Waals surface area contributed by atoms with Crippen molar-refractivity contribution >= 4 is 11.8 Å².